The normalized spacial score (nSPS) is 13.0. The lowest BCUT2D eigenvalue weighted by atomic mass is 10.1. The summed E-state index contributed by atoms with van der Waals surface area (Å²) >= 11 is 0. The van der Waals surface area contributed by atoms with E-state index in [1.807, 2.05) is 18.3 Å². The second-order valence-electron chi connectivity index (χ2n) is 4.33. The van der Waals surface area contributed by atoms with Gasteiger partial charge in [-0.2, -0.15) is 0 Å². The molecule has 0 saturated carbocycles. The molecule has 0 aliphatic rings. The Morgan fingerprint density at radius 2 is 2.19 bits per heavy atom. The molecule has 1 heterocycles. The van der Waals surface area contributed by atoms with Crippen molar-refractivity contribution >= 4 is 0 Å². The van der Waals surface area contributed by atoms with E-state index in [9.17, 15) is 0 Å². The fourth-order valence-electron chi connectivity index (χ4n) is 1.55. The van der Waals surface area contributed by atoms with Crippen LogP contribution in [0.5, 0.6) is 0 Å². The van der Waals surface area contributed by atoms with E-state index in [0.29, 0.717) is 6.04 Å². The summed E-state index contributed by atoms with van der Waals surface area (Å²) in [7, 11) is 2.14. The van der Waals surface area contributed by atoms with Gasteiger partial charge < -0.3 is 10.6 Å². The molecule has 0 aromatic carbocycles. The zero-order valence-corrected chi connectivity index (χ0v) is 10.4. The Morgan fingerprint density at radius 3 is 2.81 bits per heavy atom. The SMILES string of the molecule is CCC(N)CCN(C)CCc1ccccn1. The average molecular weight is 221 g/mol. The highest BCUT2D eigenvalue weighted by molar-refractivity contribution is 5.03. The topological polar surface area (TPSA) is 42.1 Å². The first-order valence-corrected chi connectivity index (χ1v) is 6.06. The smallest absolute Gasteiger partial charge is 0.0416 e. The number of pyridine rings is 1. The van der Waals surface area contributed by atoms with Crippen molar-refractivity contribution in [3.05, 3.63) is 30.1 Å². The van der Waals surface area contributed by atoms with Crippen LogP contribution < -0.4 is 5.73 Å². The molecule has 90 valence electrons. The maximum atomic E-state index is 5.89. The predicted molar refractivity (Wildman–Crippen MR) is 68.3 cm³/mol. The number of aromatic nitrogens is 1. The maximum Gasteiger partial charge on any atom is 0.0416 e. The van der Waals surface area contributed by atoms with Crippen molar-refractivity contribution in [1.29, 1.82) is 0 Å². The van der Waals surface area contributed by atoms with Crippen LogP contribution in [0.4, 0.5) is 0 Å². The summed E-state index contributed by atoms with van der Waals surface area (Å²) in [4.78, 5) is 6.63. The number of rotatable bonds is 7. The molecule has 16 heavy (non-hydrogen) atoms. The zero-order valence-electron chi connectivity index (χ0n) is 10.4. The Labute approximate surface area is 98.7 Å². The third kappa shape index (κ3) is 5.24. The summed E-state index contributed by atoms with van der Waals surface area (Å²) in [5, 5.41) is 0. The molecule has 2 N–H and O–H groups in total. The fourth-order valence-corrected chi connectivity index (χ4v) is 1.55. The van der Waals surface area contributed by atoms with Crippen molar-refractivity contribution in [3.8, 4) is 0 Å². The van der Waals surface area contributed by atoms with E-state index in [1.54, 1.807) is 0 Å². The number of likely N-dealkylation sites (N-methyl/N-ethyl adjacent to an activating group) is 1. The van der Waals surface area contributed by atoms with Crippen LogP contribution in [0.15, 0.2) is 24.4 Å². The molecule has 0 saturated heterocycles. The highest BCUT2D eigenvalue weighted by atomic mass is 15.1. The second kappa shape index (κ2) is 7.36. The zero-order chi connectivity index (χ0) is 11.8. The maximum absolute atomic E-state index is 5.89. The molecule has 1 atom stereocenters. The van der Waals surface area contributed by atoms with Gasteiger partial charge in [0.25, 0.3) is 0 Å². The average Bonchev–Trinajstić information content (AvgIpc) is 2.34. The highest BCUT2D eigenvalue weighted by Crippen LogP contribution is 1.99. The van der Waals surface area contributed by atoms with Gasteiger partial charge in [0, 0.05) is 30.9 Å². The van der Waals surface area contributed by atoms with Crippen LogP contribution in [0.25, 0.3) is 0 Å². The van der Waals surface area contributed by atoms with Gasteiger partial charge in [-0.25, -0.2) is 0 Å². The van der Waals surface area contributed by atoms with Gasteiger partial charge in [0.05, 0.1) is 0 Å². The number of nitrogens with zero attached hydrogens (tertiary/aromatic N) is 2. The minimum atomic E-state index is 0.345. The monoisotopic (exact) mass is 221 g/mol. The molecular formula is C13H23N3. The molecule has 1 aromatic heterocycles. The molecule has 0 aliphatic heterocycles. The van der Waals surface area contributed by atoms with Gasteiger partial charge in [-0.15, -0.1) is 0 Å². The minimum absolute atomic E-state index is 0.345. The van der Waals surface area contributed by atoms with E-state index in [1.165, 1.54) is 0 Å². The van der Waals surface area contributed by atoms with Gasteiger partial charge in [-0.3, -0.25) is 4.98 Å². The van der Waals surface area contributed by atoms with E-state index in [2.05, 4.69) is 29.9 Å². The van der Waals surface area contributed by atoms with Crippen molar-refractivity contribution in [2.24, 2.45) is 5.73 Å². The first-order chi connectivity index (χ1) is 7.72. The van der Waals surface area contributed by atoms with Crippen LogP contribution in [-0.4, -0.2) is 36.1 Å². The van der Waals surface area contributed by atoms with Gasteiger partial charge in [0.1, 0.15) is 0 Å². The van der Waals surface area contributed by atoms with E-state index in [0.717, 1.165) is 38.0 Å². The Morgan fingerprint density at radius 1 is 1.38 bits per heavy atom. The van der Waals surface area contributed by atoms with Crippen LogP contribution in [-0.2, 0) is 6.42 Å². The lowest BCUT2D eigenvalue weighted by molar-refractivity contribution is 0.319. The molecule has 3 nitrogen and oxygen atoms in total. The molecule has 0 fully saturated rings. The third-order valence-electron chi connectivity index (χ3n) is 2.88. The standard InChI is InChI=1S/C13H23N3/c1-3-12(14)7-10-16(2)11-8-13-6-4-5-9-15-13/h4-6,9,12H,3,7-8,10-11,14H2,1-2H3. The van der Waals surface area contributed by atoms with Crippen molar-refractivity contribution in [2.45, 2.75) is 32.2 Å². The van der Waals surface area contributed by atoms with Gasteiger partial charge >= 0.3 is 0 Å². The molecule has 0 amide bonds. The quantitative estimate of drug-likeness (QED) is 0.762. The second-order valence-corrected chi connectivity index (χ2v) is 4.33. The molecule has 0 spiro atoms. The lowest BCUT2D eigenvalue weighted by Gasteiger charge is -2.18. The summed E-state index contributed by atoms with van der Waals surface area (Å²) in [6.07, 6.45) is 5.00. The number of hydrogen-bond donors (Lipinski definition) is 1. The van der Waals surface area contributed by atoms with Crippen molar-refractivity contribution in [3.63, 3.8) is 0 Å². The lowest BCUT2D eigenvalue weighted by Crippen LogP contribution is -2.29. The summed E-state index contributed by atoms with van der Waals surface area (Å²) in [6.45, 7) is 4.26. The molecule has 1 rings (SSSR count). The van der Waals surface area contributed by atoms with Crippen molar-refractivity contribution < 1.29 is 0 Å². The van der Waals surface area contributed by atoms with E-state index >= 15 is 0 Å². The van der Waals surface area contributed by atoms with Crippen LogP contribution in [0.1, 0.15) is 25.5 Å². The van der Waals surface area contributed by atoms with E-state index < -0.39 is 0 Å². The van der Waals surface area contributed by atoms with Crippen LogP contribution in [0.3, 0.4) is 0 Å². The third-order valence-corrected chi connectivity index (χ3v) is 2.88. The summed E-state index contributed by atoms with van der Waals surface area (Å²) < 4.78 is 0. The molecule has 1 unspecified atom stereocenters. The van der Waals surface area contributed by atoms with Crippen LogP contribution >= 0.6 is 0 Å². The first-order valence-electron chi connectivity index (χ1n) is 6.06. The Kier molecular flexibility index (Phi) is 6.04. The summed E-state index contributed by atoms with van der Waals surface area (Å²) in [5.41, 5.74) is 7.05. The Hall–Kier alpha value is -0.930. The van der Waals surface area contributed by atoms with Gasteiger partial charge in [0.15, 0.2) is 0 Å². The molecular weight excluding hydrogens is 198 g/mol. The van der Waals surface area contributed by atoms with E-state index in [4.69, 9.17) is 5.73 Å². The summed E-state index contributed by atoms with van der Waals surface area (Å²) in [5.74, 6) is 0. The van der Waals surface area contributed by atoms with Crippen molar-refractivity contribution in [2.75, 3.05) is 20.1 Å². The molecule has 0 aliphatic carbocycles. The molecule has 0 radical (unpaired) electrons. The Bertz CT molecular complexity index is 274. The molecule has 0 bridgehead atoms. The Balaban J connectivity index is 2.18. The largest absolute Gasteiger partial charge is 0.328 e. The predicted octanol–water partition coefficient (Wildman–Crippen LogP) is 1.68. The van der Waals surface area contributed by atoms with Gasteiger partial charge in [0.2, 0.25) is 0 Å². The number of hydrogen-bond acceptors (Lipinski definition) is 3. The fraction of sp³-hybridized carbons (Fsp3) is 0.615. The van der Waals surface area contributed by atoms with Gasteiger partial charge in [-0.05, 0) is 38.6 Å². The highest BCUT2D eigenvalue weighted by Gasteiger charge is 2.03. The molecule has 3 heteroatoms. The molecule has 1 aromatic rings. The van der Waals surface area contributed by atoms with E-state index in [-0.39, 0.29) is 0 Å². The van der Waals surface area contributed by atoms with Gasteiger partial charge in [-0.1, -0.05) is 13.0 Å². The van der Waals surface area contributed by atoms with Crippen LogP contribution in [0, 0.1) is 0 Å². The summed E-state index contributed by atoms with van der Waals surface area (Å²) in [6, 6.07) is 6.41. The first kappa shape index (κ1) is 13.1. The van der Waals surface area contributed by atoms with Crippen LogP contribution in [0.2, 0.25) is 0 Å². The minimum Gasteiger partial charge on any atom is -0.328 e. The van der Waals surface area contributed by atoms with Crippen molar-refractivity contribution in [1.82, 2.24) is 9.88 Å². The number of nitrogens with two attached hydrogens (primary N) is 1.